The summed E-state index contributed by atoms with van der Waals surface area (Å²) < 4.78 is 32.6. The van der Waals surface area contributed by atoms with Gasteiger partial charge < -0.3 is 4.42 Å². The van der Waals surface area contributed by atoms with Crippen molar-refractivity contribution in [2.45, 2.75) is 44.7 Å². The number of hydrogen-bond acceptors (Lipinski definition) is 6. The second-order valence-electron chi connectivity index (χ2n) is 6.52. The Kier molecular flexibility index (Phi) is 5.74. The predicted octanol–water partition coefficient (Wildman–Crippen LogP) is 1.96. The molecular formula is C16H24N4O3S. The van der Waals surface area contributed by atoms with E-state index in [0.717, 1.165) is 0 Å². The molecule has 1 N–H and O–H groups in total. The van der Waals surface area contributed by atoms with Crippen LogP contribution in [0.4, 0.5) is 0 Å². The van der Waals surface area contributed by atoms with E-state index in [4.69, 9.17) is 4.42 Å². The molecular weight excluding hydrogens is 328 g/mol. The molecule has 0 radical (unpaired) electrons. The van der Waals surface area contributed by atoms with Crippen LogP contribution < -0.4 is 4.72 Å². The smallest absolute Gasteiger partial charge is 0.240 e. The summed E-state index contributed by atoms with van der Waals surface area (Å²) in [5, 5.41) is 7.83. The lowest BCUT2D eigenvalue weighted by molar-refractivity contribution is 0.117. The minimum Gasteiger partial charge on any atom is -0.424 e. The third-order valence-electron chi connectivity index (χ3n) is 3.57. The molecule has 24 heavy (non-hydrogen) atoms. The van der Waals surface area contributed by atoms with Crippen LogP contribution in [-0.2, 0) is 16.6 Å². The highest BCUT2D eigenvalue weighted by Crippen LogP contribution is 2.16. The van der Waals surface area contributed by atoms with Crippen LogP contribution in [0.1, 0.15) is 32.6 Å². The van der Waals surface area contributed by atoms with Crippen molar-refractivity contribution >= 4 is 10.0 Å². The van der Waals surface area contributed by atoms with Crippen LogP contribution >= 0.6 is 0 Å². The first-order valence-electron chi connectivity index (χ1n) is 7.77. The molecule has 2 rings (SSSR count). The van der Waals surface area contributed by atoms with Gasteiger partial charge in [-0.3, -0.25) is 4.90 Å². The zero-order valence-corrected chi connectivity index (χ0v) is 15.3. The van der Waals surface area contributed by atoms with E-state index in [1.54, 1.807) is 37.3 Å². The van der Waals surface area contributed by atoms with Gasteiger partial charge in [-0.25, -0.2) is 13.1 Å². The van der Waals surface area contributed by atoms with Crippen molar-refractivity contribution in [3.05, 3.63) is 42.1 Å². The van der Waals surface area contributed by atoms with Gasteiger partial charge in [0.15, 0.2) is 0 Å². The zero-order valence-electron chi connectivity index (χ0n) is 14.5. The van der Waals surface area contributed by atoms with Crippen molar-refractivity contribution in [1.82, 2.24) is 19.8 Å². The molecule has 0 aliphatic heterocycles. The van der Waals surface area contributed by atoms with Gasteiger partial charge in [0.1, 0.15) is 0 Å². The number of rotatable bonds is 7. The maximum Gasteiger partial charge on any atom is 0.240 e. The van der Waals surface area contributed by atoms with Gasteiger partial charge in [0.2, 0.25) is 21.8 Å². The molecule has 0 fully saturated rings. The maximum absolute atomic E-state index is 12.3. The standard InChI is InChI=1S/C16H24N4O3S/c1-13-18-19-15(23-13)12-20(16(2,3)4)11-10-17-24(21,22)14-8-6-5-7-9-14/h5-9,17H,10-12H2,1-4H3. The van der Waals surface area contributed by atoms with Gasteiger partial charge in [-0.05, 0) is 32.9 Å². The predicted molar refractivity (Wildman–Crippen MR) is 90.8 cm³/mol. The first kappa shape index (κ1) is 18.6. The lowest BCUT2D eigenvalue weighted by Crippen LogP contribution is -2.45. The summed E-state index contributed by atoms with van der Waals surface area (Å²) in [6, 6.07) is 8.34. The number of aromatic nitrogens is 2. The quantitative estimate of drug-likeness (QED) is 0.819. The van der Waals surface area contributed by atoms with Crippen molar-refractivity contribution in [2.24, 2.45) is 0 Å². The van der Waals surface area contributed by atoms with Crippen LogP contribution in [0.25, 0.3) is 0 Å². The highest BCUT2D eigenvalue weighted by Gasteiger charge is 2.24. The van der Waals surface area contributed by atoms with Crippen LogP contribution in [0.3, 0.4) is 0 Å². The number of benzene rings is 1. The highest BCUT2D eigenvalue weighted by molar-refractivity contribution is 7.89. The fourth-order valence-corrected chi connectivity index (χ4v) is 3.26. The summed E-state index contributed by atoms with van der Waals surface area (Å²) in [6.45, 7) is 9.20. The minimum absolute atomic E-state index is 0.166. The normalized spacial score (nSPS) is 12.7. The first-order chi connectivity index (χ1) is 11.2. The average molecular weight is 352 g/mol. The number of aryl methyl sites for hydroxylation is 1. The molecule has 0 unspecified atom stereocenters. The Labute approximate surface area is 143 Å². The summed E-state index contributed by atoms with van der Waals surface area (Å²) in [5.74, 6) is 1.04. The second kappa shape index (κ2) is 7.42. The Morgan fingerprint density at radius 1 is 1.17 bits per heavy atom. The molecule has 1 aromatic carbocycles. The van der Waals surface area contributed by atoms with E-state index in [1.165, 1.54) is 0 Å². The Morgan fingerprint density at radius 3 is 2.38 bits per heavy atom. The van der Waals surface area contributed by atoms with Crippen molar-refractivity contribution in [1.29, 1.82) is 0 Å². The molecule has 0 bridgehead atoms. The van der Waals surface area contributed by atoms with Crippen LogP contribution in [0.2, 0.25) is 0 Å². The molecule has 0 aliphatic carbocycles. The van der Waals surface area contributed by atoms with Gasteiger partial charge in [-0.15, -0.1) is 10.2 Å². The number of hydrogen-bond donors (Lipinski definition) is 1. The summed E-state index contributed by atoms with van der Waals surface area (Å²) in [6.07, 6.45) is 0. The Balaban J connectivity index is 1.98. The summed E-state index contributed by atoms with van der Waals surface area (Å²) in [5.41, 5.74) is -0.166. The maximum atomic E-state index is 12.3. The fourth-order valence-electron chi connectivity index (χ4n) is 2.21. The zero-order chi connectivity index (χ0) is 17.8. The SMILES string of the molecule is Cc1nnc(CN(CCNS(=O)(=O)c2ccccc2)C(C)(C)C)o1. The molecule has 7 nitrogen and oxygen atoms in total. The minimum atomic E-state index is -3.50. The number of nitrogens with one attached hydrogen (secondary N) is 1. The molecule has 2 aromatic rings. The van der Waals surface area contributed by atoms with Crippen molar-refractivity contribution in [3.8, 4) is 0 Å². The Bertz CT molecular complexity index is 751. The molecule has 8 heteroatoms. The molecule has 0 spiro atoms. The third kappa shape index (κ3) is 5.12. The third-order valence-corrected chi connectivity index (χ3v) is 5.05. The average Bonchev–Trinajstić information content (AvgIpc) is 2.91. The van der Waals surface area contributed by atoms with E-state index in [1.807, 2.05) is 0 Å². The monoisotopic (exact) mass is 352 g/mol. The van der Waals surface area contributed by atoms with Gasteiger partial charge in [-0.2, -0.15) is 0 Å². The van der Waals surface area contributed by atoms with Crippen LogP contribution in [0, 0.1) is 6.92 Å². The fraction of sp³-hybridized carbons (Fsp3) is 0.500. The summed E-state index contributed by atoms with van der Waals surface area (Å²) >= 11 is 0. The summed E-state index contributed by atoms with van der Waals surface area (Å²) in [7, 11) is -3.50. The molecule has 1 heterocycles. The summed E-state index contributed by atoms with van der Waals surface area (Å²) in [4.78, 5) is 2.35. The van der Waals surface area contributed by atoms with E-state index in [9.17, 15) is 8.42 Å². The lowest BCUT2D eigenvalue weighted by Gasteiger charge is -2.34. The van der Waals surface area contributed by atoms with Crippen molar-refractivity contribution in [2.75, 3.05) is 13.1 Å². The van der Waals surface area contributed by atoms with Crippen LogP contribution in [-0.4, -0.2) is 42.1 Å². The van der Waals surface area contributed by atoms with E-state index >= 15 is 0 Å². The lowest BCUT2D eigenvalue weighted by atomic mass is 10.1. The van der Waals surface area contributed by atoms with E-state index < -0.39 is 10.0 Å². The van der Waals surface area contributed by atoms with E-state index in [-0.39, 0.29) is 10.4 Å². The van der Waals surface area contributed by atoms with Crippen molar-refractivity contribution in [3.63, 3.8) is 0 Å². The van der Waals surface area contributed by atoms with Crippen LogP contribution in [0.15, 0.2) is 39.6 Å². The first-order valence-corrected chi connectivity index (χ1v) is 9.25. The number of sulfonamides is 1. The topological polar surface area (TPSA) is 88.3 Å². The van der Waals surface area contributed by atoms with Gasteiger partial charge in [-0.1, -0.05) is 18.2 Å². The van der Waals surface area contributed by atoms with E-state index in [2.05, 4.69) is 40.6 Å². The van der Waals surface area contributed by atoms with Gasteiger partial charge >= 0.3 is 0 Å². The van der Waals surface area contributed by atoms with Crippen LogP contribution in [0.5, 0.6) is 0 Å². The molecule has 132 valence electrons. The molecule has 0 amide bonds. The molecule has 0 saturated carbocycles. The number of nitrogens with zero attached hydrogens (tertiary/aromatic N) is 3. The van der Waals surface area contributed by atoms with Gasteiger partial charge in [0.05, 0.1) is 11.4 Å². The van der Waals surface area contributed by atoms with Gasteiger partial charge in [0, 0.05) is 25.6 Å². The molecule has 0 aliphatic rings. The van der Waals surface area contributed by atoms with Gasteiger partial charge in [0.25, 0.3) is 0 Å². The second-order valence-corrected chi connectivity index (χ2v) is 8.28. The largest absolute Gasteiger partial charge is 0.424 e. The molecule has 1 aromatic heterocycles. The Hall–Kier alpha value is -1.77. The van der Waals surface area contributed by atoms with Crippen molar-refractivity contribution < 1.29 is 12.8 Å². The molecule has 0 atom stereocenters. The van der Waals surface area contributed by atoms with E-state index in [0.29, 0.717) is 31.4 Å². The highest BCUT2D eigenvalue weighted by atomic mass is 32.2. The molecule has 0 saturated heterocycles. The Morgan fingerprint density at radius 2 is 1.83 bits per heavy atom.